The molecular formula is C24H23N5O6. The molecule has 2 atom stereocenters. The number of carboxylic acids is 1. The number of amides is 2. The third-order valence-corrected chi connectivity index (χ3v) is 6.24. The molecule has 3 aromatic rings. The van der Waals surface area contributed by atoms with Crippen LogP contribution in [0.1, 0.15) is 34.1 Å². The van der Waals surface area contributed by atoms with E-state index in [2.05, 4.69) is 37.9 Å². The largest absolute Gasteiger partial charge is 0.479 e. The number of carbonyl (C=O) groups excluding carboxylic acids is 2. The van der Waals surface area contributed by atoms with E-state index in [-0.39, 0.29) is 36.8 Å². The molecule has 1 saturated heterocycles. The summed E-state index contributed by atoms with van der Waals surface area (Å²) in [6.07, 6.45) is -1.16. The number of benzene rings is 2. The first-order chi connectivity index (χ1) is 17.0. The Morgan fingerprint density at radius 2 is 1.77 bits per heavy atom. The molecule has 2 aliphatic rings. The van der Waals surface area contributed by atoms with Gasteiger partial charge >= 0.3 is 12.1 Å². The number of rotatable bonds is 7. The zero-order chi connectivity index (χ0) is 24.4. The molecule has 1 aliphatic carbocycles. The number of aromatic nitrogens is 3. The highest BCUT2D eigenvalue weighted by molar-refractivity contribution is 5.91. The lowest BCUT2D eigenvalue weighted by Gasteiger charge is -2.14. The Labute approximate surface area is 199 Å². The number of H-pyrrole nitrogens is 1. The van der Waals surface area contributed by atoms with Gasteiger partial charge in [-0.15, -0.1) is 5.10 Å². The zero-order valence-corrected chi connectivity index (χ0v) is 18.6. The third kappa shape index (κ3) is 4.58. The Kier molecular flexibility index (Phi) is 6.15. The van der Waals surface area contributed by atoms with E-state index in [0.717, 1.165) is 22.3 Å². The van der Waals surface area contributed by atoms with Crippen molar-refractivity contribution in [2.75, 3.05) is 25.1 Å². The van der Waals surface area contributed by atoms with Crippen LogP contribution in [-0.4, -0.2) is 64.1 Å². The number of anilines is 1. The summed E-state index contributed by atoms with van der Waals surface area (Å²) in [7, 11) is 0. The van der Waals surface area contributed by atoms with Crippen molar-refractivity contribution in [1.29, 1.82) is 0 Å². The van der Waals surface area contributed by atoms with E-state index in [1.165, 1.54) is 0 Å². The van der Waals surface area contributed by atoms with Crippen molar-refractivity contribution in [1.82, 2.24) is 20.5 Å². The number of ether oxygens (including phenoxy) is 2. The van der Waals surface area contributed by atoms with Gasteiger partial charge in [-0.3, -0.25) is 15.2 Å². The fraction of sp³-hybridized carbons (Fsp3) is 0.292. The van der Waals surface area contributed by atoms with Gasteiger partial charge in [-0.25, -0.2) is 9.59 Å². The molecule has 2 amide bonds. The van der Waals surface area contributed by atoms with Crippen molar-refractivity contribution in [3.05, 3.63) is 65.5 Å². The van der Waals surface area contributed by atoms with Crippen LogP contribution in [0, 0.1) is 5.92 Å². The molecule has 2 heterocycles. The maximum absolute atomic E-state index is 12.4. The first-order valence-electron chi connectivity index (χ1n) is 11.2. The first kappa shape index (κ1) is 22.5. The highest BCUT2D eigenvalue weighted by Crippen LogP contribution is 2.44. The lowest BCUT2D eigenvalue weighted by Crippen LogP contribution is -2.36. The minimum atomic E-state index is -1.06. The molecule has 1 fully saturated rings. The molecule has 5 rings (SSSR count). The quantitative estimate of drug-likeness (QED) is 0.404. The second kappa shape index (κ2) is 9.55. The maximum Gasteiger partial charge on any atom is 0.414 e. The van der Waals surface area contributed by atoms with Gasteiger partial charge in [0.05, 0.1) is 0 Å². The first-order valence-corrected chi connectivity index (χ1v) is 11.2. The number of hydrogen-bond donors (Lipinski definition) is 4. The number of nitrogens with one attached hydrogen (secondary N) is 3. The minimum Gasteiger partial charge on any atom is -0.479 e. The summed E-state index contributed by atoms with van der Waals surface area (Å²) in [5, 5.41) is 20.5. The summed E-state index contributed by atoms with van der Waals surface area (Å²) < 4.78 is 10.6. The van der Waals surface area contributed by atoms with Crippen molar-refractivity contribution in [2.45, 2.75) is 18.4 Å². The third-order valence-electron chi connectivity index (χ3n) is 6.24. The fourth-order valence-corrected chi connectivity index (χ4v) is 4.57. The summed E-state index contributed by atoms with van der Waals surface area (Å²) in [4.78, 5) is 39.8. The van der Waals surface area contributed by atoms with Crippen LogP contribution in [0.25, 0.3) is 11.1 Å². The van der Waals surface area contributed by atoms with Crippen molar-refractivity contribution in [3.8, 4) is 11.1 Å². The smallest absolute Gasteiger partial charge is 0.414 e. The molecule has 1 aromatic heterocycles. The monoisotopic (exact) mass is 477 g/mol. The van der Waals surface area contributed by atoms with Gasteiger partial charge in [0.2, 0.25) is 5.82 Å². The number of hydrogen-bond acceptors (Lipinski definition) is 7. The summed E-state index contributed by atoms with van der Waals surface area (Å²) >= 11 is 0. The molecule has 0 bridgehead atoms. The van der Waals surface area contributed by atoms with E-state index in [1.54, 1.807) is 0 Å². The van der Waals surface area contributed by atoms with Gasteiger partial charge in [-0.05, 0) is 28.7 Å². The van der Waals surface area contributed by atoms with Crippen LogP contribution in [0.15, 0.2) is 48.5 Å². The van der Waals surface area contributed by atoms with Gasteiger partial charge in [0.15, 0.2) is 6.10 Å². The Morgan fingerprint density at radius 3 is 2.46 bits per heavy atom. The Balaban J connectivity index is 1.15. The predicted octanol–water partition coefficient (Wildman–Crippen LogP) is 2.39. The minimum absolute atomic E-state index is 0.0872. The Morgan fingerprint density at radius 1 is 1.09 bits per heavy atom. The molecule has 0 saturated carbocycles. The van der Waals surface area contributed by atoms with Crippen LogP contribution in [0.4, 0.5) is 10.7 Å². The van der Waals surface area contributed by atoms with E-state index in [4.69, 9.17) is 14.6 Å². The summed E-state index contributed by atoms with van der Waals surface area (Å²) in [6, 6.07) is 16.0. The molecule has 4 N–H and O–H groups in total. The average Bonchev–Trinajstić information content (AvgIpc) is 3.59. The summed E-state index contributed by atoms with van der Waals surface area (Å²) in [6.45, 7) is 0.575. The SMILES string of the molecule is O=C(Nc1n[nH]c(C(=O)NC[C@@H]2CCO[C@@H]2C(=O)O)n1)OCC1c2ccccc2-c2ccccc21. The van der Waals surface area contributed by atoms with Crippen molar-refractivity contribution >= 4 is 23.9 Å². The number of carboxylic acid groups (broad SMARTS) is 1. The van der Waals surface area contributed by atoms with Gasteiger partial charge in [-0.2, -0.15) is 4.98 Å². The van der Waals surface area contributed by atoms with E-state index in [1.807, 2.05) is 36.4 Å². The van der Waals surface area contributed by atoms with Gasteiger partial charge in [0, 0.05) is 25.0 Å². The summed E-state index contributed by atoms with van der Waals surface area (Å²) in [5.74, 6) is -2.29. The Bertz CT molecular complexity index is 1230. The van der Waals surface area contributed by atoms with E-state index < -0.39 is 24.1 Å². The number of carbonyl (C=O) groups is 3. The summed E-state index contributed by atoms with van der Waals surface area (Å²) in [5.41, 5.74) is 4.44. The molecular weight excluding hydrogens is 454 g/mol. The normalized spacial score (nSPS) is 18.5. The van der Waals surface area contributed by atoms with Crippen LogP contribution >= 0.6 is 0 Å². The van der Waals surface area contributed by atoms with Crippen molar-refractivity contribution in [3.63, 3.8) is 0 Å². The topological polar surface area (TPSA) is 156 Å². The molecule has 0 unspecified atom stereocenters. The number of aromatic amines is 1. The number of aliphatic carboxylic acids is 1. The molecule has 0 spiro atoms. The van der Waals surface area contributed by atoms with Crippen LogP contribution in [0.5, 0.6) is 0 Å². The zero-order valence-electron chi connectivity index (χ0n) is 18.6. The second-order valence-corrected chi connectivity index (χ2v) is 8.35. The molecule has 0 radical (unpaired) electrons. The van der Waals surface area contributed by atoms with E-state index >= 15 is 0 Å². The van der Waals surface area contributed by atoms with Crippen molar-refractivity contribution in [2.24, 2.45) is 5.92 Å². The van der Waals surface area contributed by atoms with Crippen LogP contribution in [0.2, 0.25) is 0 Å². The molecule has 11 nitrogen and oxygen atoms in total. The number of fused-ring (bicyclic) bond motifs is 3. The molecule has 35 heavy (non-hydrogen) atoms. The van der Waals surface area contributed by atoms with Crippen LogP contribution in [-0.2, 0) is 14.3 Å². The molecule has 2 aromatic carbocycles. The van der Waals surface area contributed by atoms with E-state index in [0.29, 0.717) is 13.0 Å². The van der Waals surface area contributed by atoms with Crippen molar-refractivity contribution < 1.29 is 29.0 Å². The standard InChI is InChI=1S/C24H23N5O6/c30-21(25-11-13-9-10-34-19(13)22(31)32)20-26-23(29-28-20)27-24(33)35-12-18-16-7-3-1-5-14(16)15-6-2-4-8-17(15)18/h1-8,13,18-19H,9-12H2,(H,25,30)(H,31,32)(H2,26,27,28,29,33)/t13-,19-/m0/s1. The number of nitrogens with zero attached hydrogens (tertiary/aromatic N) is 2. The van der Waals surface area contributed by atoms with Crippen LogP contribution in [0.3, 0.4) is 0 Å². The van der Waals surface area contributed by atoms with Gasteiger partial charge < -0.3 is 19.9 Å². The Hall–Kier alpha value is -4.25. The lowest BCUT2D eigenvalue weighted by molar-refractivity contribution is -0.149. The maximum atomic E-state index is 12.4. The molecule has 180 valence electrons. The van der Waals surface area contributed by atoms with E-state index in [9.17, 15) is 14.4 Å². The van der Waals surface area contributed by atoms with Gasteiger partial charge in [0.25, 0.3) is 11.9 Å². The highest BCUT2D eigenvalue weighted by atomic mass is 16.5. The molecule has 1 aliphatic heterocycles. The van der Waals surface area contributed by atoms with Crippen LogP contribution < -0.4 is 10.6 Å². The lowest BCUT2D eigenvalue weighted by atomic mass is 9.98. The highest BCUT2D eigenvalue weighted by Gasteiger charge is 2.34. The second-order valence-electron chi connectivity index (χ2n) is 8.35. The predicted molar refractivity (Wildman–Crippen MR) is 123 cm³/mol. The van der Waals surface area contributed by atoms with Gasteiger partial charge in [-0.1, -0.05) is 48.5 Å². The fourth-order valence-electron chi connectivity index (χ4n) is 4.57. The van der Waals surface area contributed by atoms with Gasteiger partial charge in [0.1, 0.15) is 6.61 Å². The molecule has 11 heteroatoms. The average molecular weight is 477 g/mol.